The number of amides is 2. The second-order valence-corrected chi connectivity index (χ2v) is 7.82. The molecule has 1 N–H and O–H groups in total. The summed E-state index contributed by atoms with van der Waals surface area (Å²) in [7, 11) is 0. The summed E-state index contributed by atoms with van der Waals surface area (Å²) in [5.74, 6) is 0.272. The van der Waals surface area contributed by atoms with Crippen LogP contribution in [0.3, 0.4) is 0 Å². The number of carbonyl (C=O) groups is 2. The Morgan fingerprint density at radius 1 is 0.969 bits per heavy atom. The number of pyridine rings is 1. The normalized spacial score (nSPS) is 15.2. The highest BCUT2D eigenvalue weighted by Gasteiger charge is 2.40. The Kier molecular flexibility index (Phi) is 5.37. The third kappa shape index (κ3) is 3.85. The van der Waals surface area contributed by atoms with E-state index in [1.807, 2.05) is 77.4 Å². The molecule has 0 spiro atoms. The van der Waals surface area contributed by atoms with Gasteiger partial charge in [0.2, 0.25) is 11.9 Å². The second-order valence-electron chi connectivity index (χ2n) is 7.82. The van der Waals surface area contributed by atoms with Crippen molar-refractivity contribution in [1.29, 1.82) is 0 Å². The zero-order chi connectivity index (χ0) is 21.9. The fourth-order valence-electron chi connectivity index (χ4n) is 4.14. The Bertz CT molecular complexity index is 1250. The molecule has 7 nitrogen and oxygen atoms in total. The highest BCUT2D eigenvalue weighted by molar-refractivity contribution is 6.03. The molecule has 2 aromatic carbocycles. The summed E-state index contributed by atoms with van der Waals surface area (Å²) in [6, 6.07) is 22.7. The van der Waals surface area contributed by atoms with Gasteiger partial charge in [0.15, 0.2) is 0 Å². The minimum absolute atomic E-state index is 0.0691. The van der Waals surface area contributed by atoms with E-state index in [1.165, 1.54) is 0 Å². The van der Waals surface area contributed by atoms with Gasteiger partial charge in [-0.1, -0.05) is 48.5 Å². The lowest BCUT2D eigenvalue weighted by Crippen LogP contribution is -2.33. The van der Waals surface area contributed by atoms with Crippen LogP contribution in [-0.4, -0.2) is 32.9 Å². The van der Waals surface area contributed by atoms with Crippen LogP contribution >= 0.6 is 0 Å². The number of aromatic nitrogens is 3. The number of anilines is 1. The van der Waals surface area contributed by atoms with Crippen LogP contribution in [0.1, 0.15) is 23.7 Å². The smallest absolute Gasteiger partial charge is 0.253 e. The average molecular weight is 425 g/mol. The first-order valence-corrected chi connectivity index (χ1v) is 10.7. The molecule has 0 radical (unpaired) electrons. The highest BCUT2D eigenvalue weighted by Crippen LogP contribution is 2.37. The number of carbonyl (C=O) groups excluding carboxylic acids is 2. The minimum Gasteiger partial charge on any atom is -0.356 e. The number of para-hydroxylation sites is 2. The lowest BCUT2D eigenvalue weighted by atomic mass is 10.1. The van der Waals surface area contributed by atoms with Crippen LogP contribution < -0.4 is 10.2 Å². The van der Waals surface area contributed by atoms with Crippen LogP contribution in [0, 0.1) is 0 Å². The molecule has 160 valence electrons. The SMILES string of the molecule is O=C(C[C@H]1C(=O)N(Cc2ccccn2)c2nc3ccccc3n21)NCCc1ccccc1. The molecule has 32 heavy (non-hydrogen) atoms. The molecular formula is C25H23N5O2. The van der Waals surface area contributed by atoms with Crippen molar-refractivity contribution in [3.05, 3.63) is 90.3 Å². The van der Waals surface area contributed by atoms with Gasteiger partial charge >= 0.3 is 0 Å². The molecule has 7 heteroatoms. The van der Waals surface area contributed by atoms with Gasteiger partial charge in [0.05, 0.1) is 29.7 Å². The number of hydrogen-bond donors (Lipinski definition) is 1. The van der Waals surface area contributed by atoms with Crippen molar-refractivity contribution >= 4 is 28.8 Å². The zero-order valence-electron chi connectivity index (χ0n) is 17.5. The molecule has 0 fully saturated rings. The first-order valence-electron chi connectivity index (χ1n) is 10.7. The van der Waals surface area contributed by atoms with Gasteiger partial charge in [0, 0.05) is 12.7 Å². The maximum atomic E-state index is 13.4. The molecule has 2 aromatic heterocycles. The lowest BCUT2D eigenvalue weighted by Gasteiger charge is -2.15. The Morgan fingerprint density at radius 3 is 2.56 bits per heavy atom. The molecule has 4 aromatic rings. The molecule has 1 atom stereocenters. The minimum atomic E-state index is -0.627. The first-order chi connectivity index (χ1) is 15.7. The predicted molar refractivity (Wildman–Crippen MR) is 122 cm³/mol. The molecule has 0 bridgehead atoms. The van der Waals surface area contributed by atoms with E-state index in [9.17, 15) is 9.59 Å². The molecule has 1 aliphatic heterocycles. The van der Waals surface area contributed by atoms with Gasteiger partial charge in [-0.25, -0.2) is 4.98 Å². The molecule has 5 rings (SSSR count). The largest absolute Gasteiger partial charge is 0.356 e. The third-order valence-corrected chi connectivity index (χ3v) is 5.69. The summed E-state index contributed by atoms with van der Waals surface area (Å²) in [5.41, 5.74) is 3.58. The Balaban J connectivity index is 1.36. The molecular weight excluding hydrogens is 402 g/mol. The Hall–Kier alpha value is -4.00. The number of nitrogens with one attached hydrogen (secondary N) is 1. The van der Waals surface area contributed by atoms with Gasteiger partial charge in [-0.2, -0.15) is 0 Å². The Morgan fingerprint density at radius 2 is 1.75 bits per heavy atom. The average Bonchev–Trinajstić information content (AvgIpc) is 3.31. The van der Waals surface area contributed by atoms with Crippen molar-refractivity contribution in [2.75, 3.05) is 11.4 Å². The van der Waals surface area contributed by atoms with E-state index in [0.717, 1.165) is 28.7 Å². The molecule has 0 unspecified atom stereocenters. The first kappa shape index (κ1) is 19.9. The molecule has 0 aliphatic carbocycles. The van der Waals surface area contributed by atoms with Crippen LogP contribution in [0.4, 0.5) is 5.95 Å². The van der Waals surface area contributed by atoms with Crippen LogP contribution in [0.5, 0.6) is 0 Å². The standard InChI is InChI=1S/C25H23N5O2/c31-23(27-15-13-18-8-2-1-3-9-18)16-22-24(32)29(17-19-10-6-7-14-26-19)25-28-20-11-4-5-12-21(20)30(22)25/h1-12,14,22H,13,15-17H2,(H,27,31)/t22-/m0/s1. The number of hydrogen-bond acceptors (Lipinski definition) is 4. The molecule has 0 saturated carbocycles. The second kappa shape index (κ2) is 8.63. The van der Waals surface area contributed by atoms with Crippen molar-refractivity contribution in [2.45, 2.75) is 25.4 Å². The van der Waals surface area contributed by atoms with Crippen molar-refractivity contribution in [2.24, 2.45) is 0 Å². The third-order valence-electron chi connectivity index (χ3n) is 5.69. The van der Waals surface area contributed by atoms with E-state index in [0.29, 0.717) is 19.0 Å². The monoisotopic (exact) mass is 425 g/mol. The summed E-state index contributed by atoms with van der Waals surface area (Å²) >= 11 is 0. The van der Waals surface area contributed by atoms with Gasteiger partial charge in [-0.3, -0.25) is 24.0 Å². The summed E-state index contributed by atoms with van der Waals surface area (Å²) < 4.78 is 1.89. The van der Waals surface area contributed by atoms with E-state index in [-0.39, 0.29) is 18.2 Å². The number of rotatable bonds is 7. The van der Waals surface area contributed by atoms with Crippen LogP contribution in [-0.2, 0) is 22.6 Å². The van der Waals surface area contributed by atoms with E-state index < -0.39 is 6.04 Å². The number of fused-ring (bicyclic) bond motifs is 3. The van der Waals surface area contributed by atoms with E-state index in [1.54, 1.807) is 11.1 Å². The summed E-state index contributed by atoms with van der Waals surface area (Å²) in [6.07, 6.45) is 2.52. The maximum Gasteiger partial charge on any atom is 0.253 e. The molecule has 3 heterocycles. The summed E-state index contributed by atoms with van der Waals surface area (Å²) in [4.78, 5) is 36.8. The molecule has 2 amide bonds. The van der Waals surface area contributed by atoms with Crippen LogP contribution in [0.2, 0.25) is 0 Å². The topological polar surface area (TPSA) is 80.1 Å². The number of imidazole rings is 1. The van der Waals surface area contributed by atoms with Crippen molar-refractivity contribution in [3.63, 3.8) is 0 Å². The highest BCUT2D eigenvalue weighted by atomic mass is 16.2. The predicted octanol–water partition coefficient (Wildman–Crippen LogP) is 3.27. The lowest BCUT2D eigenvalue weighted by molar-refractivity contribution is -0.127. The quantitative estimate of drug-likeness (QED) is 0.493. The van der Waals surface area contributed by atoms with Crippen molar-refractivity contribution in [3.8, 4) is 0 Å². The zero-order valence-corrected chi connectivity index (χ0v) is 17.5. The number of nitrogens with zero attached hydrogens (tertiary/aromatic N) is 4. The van der Waals surface area contributed by atoms with Crippen molar-refractivity contribution < 1.29 is 9.59 Å². The maximum absolute atomic E-state index is 13.4. The van der Waals surface area contributed by atoms with E-state index in [2.05, 4.69) is 15.3 Å². The van der Waals surface area contributed by atoms with Gasteiger partial charge < -0.3 is 5.32 Å². The van der Waals surface area contributed by atoms with Crippen LogP contribution in [0.25, 0.3) is 11.0 Å². The number of benzene rings is 2. The van der Waals surface area contributed by atoms with Gasteiger partial charge in [0.25, 0.3) is 5.91 Å². The van der Waals surface area contributed by atoms with E-state index in [4.69, 9.17) is 0 Å². The summed E-state index contributed by atoms with van der Waals surface area (Å²) in [5, 5.41) is 2.96. The van der Waals surface area contributed by atoms with Crippen LogP contribution in [0.15, 0.2) is 79.0 Å². The Labute approximate surface area is 185 Å². The van der Waals surface area contributed by atoms with E-state index >= 15 is 0 Å². The van der Waals surface area contributed by atoms with Crippen molar-refractivity contribution in [1.82, 2.24) is 19.9 Å². The summed E-state index contributed by atoms with van der Waals surface area (Å²) in [6.45, 7) is 0.841. The van der Waals surface area contributed by atoms with Gasteiger partial charge in [-0.15, -0.1) is 0 Å². The molecule has 1 aliphatic rings. The van der Waals surface area contributed by atoms with Gasteiger partial charge in [-0.05, 0) is 36.2 Å². The fourth-order valence-corrected chi connectivity index (χ4v) is 4.14. The van der Waals surface area contributed by atoms with Gasteiger partial charge in [0.1, 0.15) is 6.04 Å². The molecule has 0 saturated heterocycles. The fraction of sp³-hybridized carbons (Fsp3) is 0.200.